The molecular formula is C26H39ClN4O4. The second kappa shape index (κ2) is 14.8. The van der Waals surface area contributed by atoms with Crippen LogP contribution in [0.1, 0.15) is 104 Å². The quantitative estimate of drug-likeness (QED) is 0.242. The first-order valence-corrected chi connectivity index (χ1v) is 12.8. The monoisotopic (exact) mass is 506 g/mol. The number of unbranched alkanes of at least 4 members (excludes halogenated alkanes) is 10. The van der Waals surface area contributed by atoms with E-state index in [2.05, 4.69) is 10.6 Å². The topological polar surface area (TPSA) is 122 Å². The van der Waals surface area contributed by atoms with Crippen LogP contribution in [-0.4, -0.2) is 47.7 Å². The SMILES string of the molecule is Cl.NCCCCCCCCCCCCCNc1ccc2c(c1)C(=O)N(C1CCC(=O)NC1=O)C2=O. The van der Waals surface area contributed by atoms with Gasteiger partial charge < -0.3 is 11.1 Å². The largest absolute Gasteiger partial charge is 0.385 e. The number of nitrogens with two attached hydrogens (primary N) is 1. The van der Waals surface area contributed by atoms with E-state index in [1.807, 2.05) is 0 Å². The van der Waals surface area contributed by atoms with Gasteiger partial charge in [-0.25, -0.2) is 0 Å². The average Bonchev–Trinajstić information content (AvgIpc) is 3.06. The summed E-state index contributed by atoms with van der Waals surface area (Å²) in [5.41, 5.74) is 6.91. The van der Waals surface area contributed by atoms with Gasteiger partial charge in [0.15, 0.2) is 0 Å². The smallest absolute Gasteiger partial charge is 0.262 e. The standard InChI is InChI=1S/C26H38N4O4.ClH/c27-16-10-8-6-4-2-1-3-5-7-9-11-17-28-19-12-13-20-21(18-19)26(34)30(25(20)33)22-14-15-23(31)29-24(22)32;/h12-13,18,22,28H,1-11,14-17,27H2,(H,29,31,32);1H. The van der Waals surface area contributed by atoms with Gasteiger partial charge in [-0.1, -0.05) is 57.8 Å². The lowest BCUT2D eigenvalue weighted by Crippen LogP contribution is -2.54. The van der Waals surface area contributed by atoms with Crippen LogP contribution >= 0.6 is 12.4 Å². The first kappa shape index (κ1) is 28.8. The van der Waals surface area contributed by atoms with E-state index in [1.165, 1.54) is 51.4 Å². The maximum Gasteiger partial charge on any atom is 0.262 e. The summed E-state index contributed by atoms with van der Waals surface area (Å²) in [5.74, 6) is -1.92. The van der Waals surface area contributed by atoms with Gasteiger partial charge in [0, 0.05) is 18.7 Å². The fraction of sp³-hybridized carbons (Fsp3) is 0.615. The molecule has 8 nitrogen and oxygen atoms in total. The van der Waals surface area contributed by atoms with Crippen molar-refractivity contribution in [3.05, 3.63) is 29.3 Å². The van der Waals surface area contributed by atoms with Crippen LogP contribution in [0.25, 0.3) is 0 Å². The summed E-state index contributed by atoms with van der Waals surface area (Å²) in [6, 6.07) is 4.19. The maximum absolute atomic E-state index is 12.9. The number of fused-ring (bicyclic) bond motifs is 1. The Balaban J connectivity index is 0.00000432. The van der Waals surface area contributed by atoms with E-state index in [-0.39, 0.29) is 31.2 Å². The van der Waals surface area contributed by atoms with Gasteiger partial charge in [0.1, 0.15) is 6.04 Å². The van der Waals surface area contributed by atoms with Crippen LogP contribution in [0.15, 0.2) is 18.2 Å². The Morgan fingerprint density at radius 2 is 1.40 bits per heavy atom. The minimum atomic E-state index is -0.933. The third kappa shape index (κ3) is 8.04. The molecule has 35 heavy (non-hydrogen) atoms. The molecule has 2 aliphatic heterocycles. The second-order valence-electron chi connectivity index (χ2n) is 9.31. The minimum absolute atomic E-state index is 0. The van der Waals surface area contributed by atoms with Crippen molar-refractivity contribution >= 4 is 41.7 Å². The van der Waals surface area contributed by atoms with Crippen LogP contribution < -0.4 is 16.4 Å². The molecule has 0 aromatic heterocycles. The first-order valence-electron chi connectivity index (χ1n) is 12.8. The number of halogens is 1. The number of nitrogens with one attached hydrogen (secondary N) is 2. The zero-order chi connectivity index (χ0) is 24.3. The molecule has 1 atom stereocenters. The molecule has 1 unspecified atom stereocenters. The molecule has 1 fully saturated rings. The normalized spacial score (nSPS) is 17.3. The summed E-state index contributed by atoms with van der Waals surface area (Å²) in [6.45, 7) is 1.61. The highest BCUT2D eigenvalue weighted by atomic mass is 35.5. The Hall–Kier alpha value is -2.45. The Labute approximate surface area is 214 Å². The van der Waals surface area contributed by atoms with Crippen molar-refractivity contribution in [1.82, 2.24) is 10.2 Å². The Morgan fingerprint density at radius 1 is 0.829 bits per heavy atom. The molecule has 1 aromatic rings. The lowest BCUT2D eigenvalue weighted by Gasteiger charge is -2.27. The van der Waals surface area contributed by atoms with E-state index in [4.69, 9.17) is 5.73 Å². The molecule has 1 aromatic carbocycles. The molecular weight excluding hydrogens is 468 g/mol. The van der Waals surface area contributed by atoms with Gasteiger partial charge in [-0.3, -0.25) is 29.4 Å². The van der Waals surface area contributed by atoms with Crippen LogP contribution in [-0.2, 0) is 9.59 Å². The molecule has 2 aliphatic rings. The summed E-state index contributed by atoms with van der Waals surface area (Å²) in [5, 5.41) is 5.55. The predicted molar refractivity (Wildman–Crippen MR) is 139 cm³/mol. The third-order valence-electron chi connectivity index (χ3n) is 6.65. The Kier molecular flexibility index (Phi) is 12.2. The van der Waals surface area contributed by atoms with Crippen LogP contribution in [0.5, 0.6) is 0 Å². The van der Waals surface area contributed by atoms with Crippen molar-refractivity contribution in [3.8, 4) is 0 Å². The number of carbonyl (C=O) groups excluding carboxylic acids is 4. The summed E-state index contributed by atoms with van der Waals surface area (Å²) in [4.78, 5) is 50.2. The second-order valence-corrected chi connectivity index (χ2v) is 9.31. The molecule has 4 N–H and O–H groups in total. The molecule has 3 rings (SSSR count). The minimum Gasteiger partial charge on any atom is -0.385 e. The molecule has 194 valence electrons. The van der Waals surface area contributed by atoms with Crippen molar-refractivity contribution in [2.75, 3.05) is 18.4 Å². The summed E-state index contributed by atoms with van der Waals surface area (Å²) < 4.78 is 0. The average molecular weight is 507 g/mol. The van der Waals surface area contributed by atoms with Gasteiger partial charge in [-0.15, -0.1) is 12.4 Å². The number of nitrogens with zero attached hydrogens (tertiary/aromatic N) is 1. The predicted octanol–water partition coefficient (Wildman–Crippen LogP) is 4.17. The number of rotatable bonds is 15. The number of piperidine rings is 1. The van der Waals surface area contributed by atoms with Gasteiger partial charge in [0.05, 0.1) is 11.1 Å². The molecule has 0 radical (unpaired) electrons. The number of imide groups is 2. The molecule has 0 aliphatic carbocycles. The molecule has 9 heteroatoms. The van der Waals surface area contributed by atoms with Crippen molar-refractivity contribution in [2.24, 2.45) is 5.73 Å². The zero-order valence-corrected chi connectivity index (χ0v) is 21.3. The van der Waals surface area contributed by atoms with Crippen molar-refractivity contribution in [2.45, 2.75) is 89.5 Å². The third-order valence-corrected chi connectivity index (χ3v) is 6.65. The van der Waals surface area contributed by atoms with E-state index in [0.29, 0.717) is 11.1 Å². The molecule has 0 saturated carbocycles. The van der Waals surface area contributed by atoms with Crippen molar-refractivity contribution in [1.29, 1.82) is 0 Å². The van der Waals surface area contributed by atoms with Crippen LogP contribution in [0.4, 0.5) is 5.69 Å². The van der Waals surface area contributed by atoms with Gasteiger partial charge in [0.2, 0.25) is 11.8 Å². The number of hydrogen-bond donors (Lipinski definition) is 3. The fourth-order valence-electron chi connectivity index (χ4n) is 4.67. The fourth-order valence-corrected chi connectivity index (χ4v) is 4.67. The molecule has 2 heterocycles. The number of carbonyl (C=O) groups is 4. The Morgan fingerprint density at radius 3 is 2.00 bits per heavy atom. The number of anilines is 1. The van der Waals surface area contributed by atoms with E-state index in [9.17, 15) is 19.2 Å². The highest BCUT2D eigenvalue weighted by Gasteiger charge is 2.44. The van der Waals surface area contributed by atoms with Crippen LogP contribution in [0.3, 0.4) is 0 Å². The first-order chi connectivity index (χ1) is 16.5. The number of amides is 4. The number of hydrogen-bond acceptors (Lipinski definition) is 6. The Bertz CT molecular complexity index is 892. The zero-order valence-electron chi connectivity index (χ0n) is 20.5. The van der Waals surface area contributed by atoms with Crippen LogP contribution in [0, 0.1) is 0 Å². The summed E-state index contributed by atoms with van der Waals surface area (Å²) in [7, 11) is 0. The summed E-state index contributed by atoms with van der Waals surface area (Å²) in [6.07, 6.45) is 14.0. The summed E-state index contributed by atoms with van der Waals surface area (Å²) >= 11 is 0. The number of benzene rings is 1. The lowest BCUT2D eigenvalue weighted by atomic mass is 10.0. The molecule has 1 saturated heterocycles. The highest BCUT2D eigenvalue weighted by molar-refractivity contribution is 6.23. The van der Waals surface area contributed by atoms with Crippen LogP contribution in [0.2, 0.25) is 0 Å². The van der Waals surface area contributed by atoms with Gasteiger partial charge in [-0.05, 0) is 44.0 Å². The lowest BCUT2D eigenvalue weighted by molar-refractivity contribution is -0.136. The van der Waals surface area contributed by atoms with E-state index < -0.39 is 23.8 Å². The van der Waals surface area contributed by atoms with Crippen molar-refractivity contribution in [3.63, 3.8) is 0 Å². The van der Waals surface area contributed by atoms with E-state index >= 15 is 0 Å². The van der Waals surface area contributed by atoms with Gasteiger partial charge in [-0.2, -0.15) is 0 Å². The van der Waals surface area contributed by atoms with E-state index in [1.54, 1.807) is 18.2 Å². The maximum atomic E-state index is 12.9. The van der Waals surface area contributed by atoms with Crippen molar-refractivity contribution < 1.29 is 19.2 Å². The molecule has 0 spiro atoms. The van der Waals surface area contributed by atoms with E-state index in [0.717, 1.165) is 42.9 Å². The molecule has 0 bridgehead atoms. The molecule has 4 amide bonds. The highest BCUT2D eigenvalue weighted by Crippen LogP contribution is 2.29. The van der Waals surface area contributed by atoms with Gasteiger partial charge >= 0.3 is 0 Å². The van der Waals surface area contributed by atoms with Gasteiger partial charge in [0.25, 0.3) is 11.8 Å².